The number of carbonyl (C=O) groups excluding carboxylic acids is 2. The number of imidazole rings is 1. The summed E-state index contributed by atoms with van der Waals surface area (Å²) in [7, 11) is 0. The van der Waals surface area contributed by atoms with Crippen LogP contribution in [0.1, 0.15) is 32.4 Å². The first-order chi connectivity index (χ1) is 15.4. The van der Waals surface area contributed by atoms with Gasteiger partial charge in [0, 0.05) is 17.8 Å². The number of benzene rings is 2. The Morgan fingerprint density at radius 2 is 1.84 bits per heavy atom. The first-order valence-electron chi connectivity index (χ1n) is 9.69. The highest BCUT2D eigenvalue weighted by atomic mass is 35.5. The van der Waals surface area contributed by atoms with E-state index in [1.807, 2.05) is 0 Å². The lowest BCUT2D eigenvalue weighted by atomic mass is 10.1. The van der Waals surface area contributed by atoms with Gasteiger partial charge in [-0.3, -0.25) is 19.7 Å². The van der Waals surface area contributed by atoms with Gasteiger partial charge in [0.25, 0.3) is 17.4 Å². The normalized spacial score (nSPS) is 13.8. The predicted octanol–water partition coefficient (Wildman–Crippen LogP) is 2.60. The molecular weight excluding hydrogens is 434 g/mol. The number of halogens is 1. The van der Waals surface area contributed by atoms with E-state index in [1.54, 1.807) is 30.3 Å². The summed E-state index contributed by atoms with van der Waals surface area (Å²) < 4.78 is 0. The number of aromatic nitrogens is 3. The van der Waals surface area contributed by atoms with Crippen LogP contribution in [0.4, 0.5) is 5.69 Å². The van der Waals surface area contributed by atoms with E-state index in [1.165, 1.54) is 18.3 Å². The minimum Gasteiger partial charge on any atom is -0.387 e. The van der Waals surface area contributed by atoms with Crippen molar-refractivity contribution in [1.29, 1.82) is 0 Å². The average Bonchev–Trinajstić information content (AvgIpc) is 3.30. The van der Waals surface area contributed by atoms with Crippen LogP contribution in [0.3, 0.4) is 0 Å². The molecule has 9 nitrogen and oxygen atoms in total. The lowest BCUT2D eigenvalue weighted by Crippen LogP contribution is -2.19. The van der Waals surface area contributed by atoms with Crippen molar-refractivity contribution in [2.75, 3.05) is 11.9 Å². The fourth-order valence-corrected chi connectivity index (χ4v) is 3.89. The molecular formula is C22H16ClN5O4. The molecule has 1 aliphatic heterocycles. The van der Waals surface area contributed by atoms with E-state index in [4.69, 9.17) is 11.6 Å². The minimum absolute atomic E-state index is 0.125. The first-order valence-corrected chi connectivity index (χ1v) is 10.1. The van der Waals surface area contributed by atoms with Gasteiger partial charge in [-0.2, -0.15) is 0 Å². The van der Waals surface area contributed by atoms with Gasteiger partial charge >= 0.3 is 0 Å². The molecule has 1 aliphatic rings. The zero-order valence-electron chi connectivity index (χ0n) is 16.4. The molecule has 32 heavy (non-hydrogen) atoms. The highest BCUT2D eigenvalue weighted by Crippen LogP contribution is 2.28. The lowest BCUT2D eigenvalue weighted by Gasteiger charge is -2.15. The van der Waals surface area contributed by atoms with E-state index in [9.17, 15) is 19.5 Å². The maximum absolute atomic E-state index is 12.6. The van der Waals surface area contributed by atoms with E-state index in [0.717, 1.165) is 0 Å². The van der Waals surface area contributed by atoms with Crippen molar-refractivity contribution in [3.8, 4) is 11.4 Å². The summed E-state index contributed by atoms with van der Waals surface area (Å²) in [5.41, 5.74) is 2.38. The number of hydrogen-bond acceptors (Lipinski definition) is 6. The number of anilines is 1. The molecule has 0 aliphatic carbocycles. The molecule has 160 valence electrons. The van der Waals surface area contributed by atoms with Gasteiger partial charge < -0.3 is 20.4 Å². The summed E-state index contributed by atoms with van der Waals surface area (Å²) in [6.45, 7) is 0.125. The van der Waals surface area contributed by atoms with Gasteiger partial charge in [-0.05, 0) is 35.9 Å². The molecule has 5 rings (SSSR count). The average molecular weight is 450 g/mol. The molecule has 0 unspecified atom stereocenters. The van der Waals surface area contributed by atoms with Crippen LogP contribution in [-0.4, -0.2) is 38.4 Å². The van der Waals surface area contributed by atoms with Crippen LogP contribution in [0.2, 0.25) is 5.02 Å². The highest BCUT2D eigenvalue weighted by Gasteiger charge is 2.28. The standard InChI is InChI=1S/C22H16ClN5O4/c23-11-3-1-2-10(6-11)17(29)9-25-14-4-5-24-22(32)18(14)19-26-15-7-12-13(8-16(15)27-19)21(31)28-20(12)30/h1-8,17,29H,9H2,(H,26,27)(H2,24,25,32)(H,28,30,31)/t17-/m1/s1. The van der Waals surface area contributed by atoms with Gasteiger partial charge in [0.15, 0.2) is 0 Å². The topological polar surface area (TPSA) is 140 Å². The zero-order valence-corrected chi connectivity index (χ0v) is 17.2. The summed E-state index contributed by atoms with van der Waals surface area (Å²) >= 11 is 5.99. The summed E-state index contributed by atoms with van der Waals surface area (Å²) in [4.78, 5) is 46.6. The second-order valence-electron chi connectivity index (χ2n) is 7.33. The first kappa shape index (κ1) is 20.0. The molecule has 2 aromatic carbocycles. The number of fused-ring (bicyclic) bond motifs is 2. The van der Waals surface area contributed by atoms with Crippen molar-refractivity contribution < 1.29 is 14.7 Å². The van der Waals surface area contributed by atoms with Gasteiger partial charge in [0.2, 0.25) is 0 Å². The molecule has 2 aromatic heterocycles. The number of pyridine rings is 1. The third-order valence-electron chi connectivity index (χ3n) is 5.25. The number of rotatable bonds is 5. The van der Waals surface area contributed by atoms with Crippen LogP contribution in [0.15, 0.2) is 53.5 Å². The van der Waals surface area contributed by atoms with Gasteiger partial charge in [0.05, 0.1) is 34.0 Å². The molecule has 1 atom stereocenters. The Morgan fingerprint density at radius 1 is 1.06 bits per heavy atom. The predicted molar refractivity (Wildman–Crippen MR) is 119 cm³/mol. The molecule has 2 amide bonds. The van der Waals surface area contributed by atoms with E-state index in [0.29, 0.717) is 27.3 Å². The fraction of sp³-hybridized carbons (Fsp3) is 0.0909. The lowest BCUT2D eigenvalue weighted by molar-refractivity contribution is 0.0879. The minimum atomic E-state index is -0.857. The van der Waals surface area contributed by atoms with Crippen LogP contribution < -0.4 is 16.2 Å². The molecule has 3 heterocycles. The van der Waals surface area contributed by atoms with Gasteiger partial charge in [-0.25, -0.2) is 4.98 Å². The number of carbonyl (C=O) groups is 2. The number of H-pyrrole nitrogens is 2. The molecule has 0 saturated carbocycles. The number of aromatic amines is 2. The maximum Gasteiger partial charge on any atom is 0.261 e. The van der Waals surface area contributed by atoms with Crippen molar-refractivity contribution in [3.05, 3.63) is 80.7 Å². The molecule has 0 spiro atoms. The van der Waals surface area contributed by atoms with Crippen molar-refractivity contribution in [2.24, 2.45) is 0 Å². The summed E-state index contributed by atoms with van der Waals surface area (Å²) in [5, 5.41) is 16.3. The van der Waals surface area contributed by atoms with Crippen LogP contribution in [-0.2, 0) is 0 Å². The summed E-state index contributed by atoms with van der Waals surface area (Å²) in [6, 6.07) is 11.6. The SMILES string of the molecule is O=C1NC(=O)c2cc3[nH]c(-c4c(NC[C@@H](O)c5cccc(Cl)c5)cc[nH]c4=O)nc3cc21. The Balaban J connectivity index is 1.49. The van der Waals surface area contributed by atoms with Gasteiger partial charge in [-0.15, -0.1) is 0 Å². The Bertz CT molecular complexity index is 1410. The van der Waals surface area contributed by atoms with Crippen molar-refractivity contribution in [3.63, 3.8) is 0 Å². The third-order valence-corrected chi connectivity index (χ3v) is 5.49. The van der Waals surface area contributed by atoms with Crippen molar-refractivity contribution in [2.45, 2.75) is 6.10 Å². The van der Waals surface area contributed by atoms with Crippen LogP contribution in [0.5, 0.6) is 0 Å². The second kappa shape index (κ2) is 7.63. The van der Waals surface area contributed by atoms with Gasteiger partial charge in [-0.1, -0.05) is 23.7 Å². The molecule has 5 N–H and O–H groups in total. The molecule has 0 fully saturated rings. The smallest absolute Gasteiger partial charge is 0.261 e. The van der Waals surface area contributed by atoms with Crippen molar-refractivity contribution >= 4 is 40.1 Å². The van der Waals surface area contributed by atoms with E-state index >= 15 is 0 Å². The van der Waals surface area contributed by atoms with E-state index in [2.05, 4.69) is 25.6 Å². The Hall–Kier alpha value is -3.95. The third kappa shape index (κ3) is 3.43. The number of aliphatic hydroxyl groups excluding tert-OH is 1. The number of amides is 2. The number of aliphatic hydroxyl groups is 1. The number of imide groups is 1. The fourth-order valence-electron chi connectivity index (χ4n) is 3.69. The highest BCUT2D eigenvalue weighted by molar-refractivity contribution is 6.30. The van der Waals surface area contributed by atoms with Gasteiger partial charge in [0.1, 0.15) is 11.4 Å². The number of hydrogen-bond donors (Lipinski definition) is 5. The van der Waals surface area contributed by atoms with Crippen LogP contribution >= 0.6 is 11.6 Å². The number of nitrogens with one attached hydrogen (secondary N) is 4. The maximum atomic E-state index is 12.6. The summed E-state index contributed by atoms with van der Waals surface area (Å²) in [6.07, 6.45) is 0.629. The van der Waals surface area contributed by atoms with Crippen molar-refractivity contribution in [1.82, 2.24) is 20.3 Å². The molecule has 0 radical (unpaired) electrons. The Labute approximate surface area is 185 Å². The summed E-state index contributed by atoms with van der Waals surface area (Å²) in [5.74, 6) is -0.692. The van der Waals surface area contributed by atoms with Crippen LogP contribution in [0.25, 0.3) is 22.4 Å². The molecule has 0 bridgehead atoms. The molecule has 0 saturated heterocycles. The quantitative estimate of drug-likeness (QED) is 0.297. The monoisotopic (exact) mass is 449 g/mol. The molecule has 10 heteroatoms. The molecule has 4 aromatic rings. The van der Waals surface area contributed by atoms with E-state index in [-0.39, 0.29) is 29.1 Å². The number of nitrogens with zero attached hydrogens (tertiary/aromatic N) is 1. The largest absolute Gasteiger partial charge is 0.387 e. The zero-order chi connectivity index (χ0) is 22.4. The Kier molecular flexibility index (Phi) is 4.76. The Morgan fingerprint density at radius 3 is 2.62 bits per heavy atom. The van der Waals surface area contributed by atoms with Crippen LogP contribution in [0, 0.1) is 0 Å². The second-order valence-corrected chi connectivity index (χ2v) is 7.77. The van der Waals surface area contributed by atoms with E-state index < -0.39 is 23.5 Å².